The highest BCUT2D eigenvalue weighted by atomic mass is 32.2. The van der Waals surface area contributed by atoms with Crippen LogP contribution in [0.15, 0.2) is 59.6 Å². The van der Waals surface area contributed by atoms with Crippen molar-refractivity contribution in [3.8, 4) is 5.75 Å². The lowest BCUT2D eigenvalue weighted by Crippen LogP contribution is -2.64. The summed E-state index contributed by atoms with van der Waals surface area (Å²) >= 11 is 0.978. The number of ketones is 5. The van der Waals surface area contributed by atoms with E-state index in [1.165, 1.54) is 39.0 Å². The first-order chi connectivity index (χ1) is 45.3. The number of aliphatic hydroxyl groups is 3. The van der Waals surface area contributed by atoms with Crippen LogP contribution in [0.2, 0.25) is 0 Å². The van der Waals surface area contributed by atoms with Gasteiger partial charge in [0, 0.05) is 105 Å². The van der Waals surface area contributed by atoms with E-state index < -0.39 is 206 Å². The van der Waals surface area contributed by atoms with Crippen LogP contribution < -0.4 is 37.6 Å². The number of aromatic amines is 1. The van der Waals surface area contributed by atoms with E-state index in [1.807, 2.05) is 0 Å². The van der Waals surface area contributed by atoms with E-state index >= 15 is 14.4 Å². The molecular weight excluding hydrogens is 1260 g/mol. The number of Topliss-reactive ketones (excluding diaryl/α,β-unsaturated/α-hetero) is 5. The van der Waals surface area contributed by atoms with Crippen molar-refractivity contribution in [2.45, 2.75) is 166 Å². The van der Waals surface area contributed by atoms with Gasteiger partial charge < -0.3 is 62.6 Å². The lowest BCUT2D eigenvalue weighted by Gasteiger charge is -2.40. The molecule has 7 rings (SSSR count). The summed E-state index contributed by atoms with van der Waals surface area (Å²) in [5.74, 6) is -16.7. The van der Waals surface area contributed by atoms with Crippen LogP contribution in [0.5, 0.6) is 5.75 Å². The maximum absolute atomic E-state index is 15.9. The molecule has 520 valence electrons. The van der Waals surface area contributed by atoms with E-state index in [2.05, 4.69) is 36.9 Å². The average Bonchev–Trinajstić information content (AvgIpc) is 1.72. The van der Waals surface area contributed by atoms with Crippen LogP contribution in [0.3, 0.4) is 0 Å². The fourth-order valence-corrected chi connectivity index (χ4v) is 13.7. The van der Waals surface area contributed by atoms with Crippen molar-refractivity contribution in [3.63, 3.8) is 0 Å². The Morgan fingerprint density at radius 2 is 1.47 bits per heavy atom. The molecule has 1 fully saturated rings. The van der Waals surface area contributed by atoms with Crippen LogP contribution in [-0.4, -0.2) is 204 Å². The Kier molecular flexibility index (Phi) is 25.7. The van der Waals surface area contributed by atoms with Gasteiger partial charge in [0.1, 0.15) is 17.6 Å². The van der Waals surface area contributed by atoms with Gasteiger partial charge in [-0.05, 0) is 73.4 Å². The lowest BCUT2D eigenvalue weighted by atomic mass is 9.79. The number of nitrogens with zero attached hydrogens (tertiary/aromatic N) is 2. The minimum absolute atomic E-state index is 0.151. The van der Waals surface area contributed by atoms with Crippen LogP contribution in [0.4, 0.5) is 0 Å². The molecule has 13 N–H and O–H groups in total. The van der Waals surface area contributed by atoms with Gasteiger partial charge in [-0.15, -0.1) is 11.8 Å². The number of benzene rings is 2. The lowest BCUT2D eigenvalue weighted by molar-refractivity contribution is -0.146. The van der Waals surface area contributed by atoms with E-state index in [1.54, 1.807) is 52.0 Å². The van der Waals surface area contributed by atoms with Crippen LogP contribution in [0.25, 0.3) is 10.9 Å². The fraction of sp³-hybridized carbons (Fsp3) is 0.552. The van der Waals surface area contributed by atoms with Crippen molar-refractivity contribution < 1.29 is 87.5 Å². The standard InChI is InChI=1S/C67H88N10O18S/c1-8-34(4)59-64(94)70-28-55(87)72-48-32-96-65-46(45-25-41(79)13-14-47(45)73-65)20-39(62(92)69-29-56(88)74-59)21-52(84)60(35(5)53(85)31-78)75-67(7,61(91)49-26-43(81)30-77(49)66(95)40(22-51(48)83)23-54(68)86)27-38-11-9-37(10-12-38)19-50(82)36(6)71-63(93)44(33(2)3)24-42(80)17-18-76-57(89)15-16-58(76)90/h9-16,25,33-36,39-40,43-44,48-49,53,59-60,73,75,78-79,81,85H,8,17-24,26-32H2,1-7H3,(H2,68,86)(H,69,92)(H,70,94)(H,71,93)(H,72,87)(H,74,88)/t34-,35-,36-,39?,40-,43?,44-,48?,49-,53-,59-,60-,67?/m0/s1. The van der Waals surface area contributed by atoms with E-state index in [9.17, 15) is 73.2 Å². The number of primary amides is 1. The smallest absolute Gasteiger partial charge is 0.253 e. The zero-order valence-corrected chi connectivity index (χ0v) is 55.7. The SMILES string of the molecule is CC[C@H](C)[C@@H]1NC(=O)CNC(=O)C2CC(=O)[C@H]([C@@H](C)[C@@H](O)CO)NC(C)(Cc3ccc(CC(=O)[C@H](C)NC(=O)[C@@H](CC(=O)CCN4C(=O)C=CC4=O)C(C)C)cc3)C(=O)[C@@H]3CC(O)CN3C(=O)[C@H](CC(N)=O)CC(=O)C(CSc3[nH]c4ccc(O)cc4c3C2)NC(=O)CNC1=O. The fourth-order valence-electron chi connectivity index (χ4n) is 12.6. The third-order valence-corrected chi connectivity index (χ3v) is 19.7. The summed E-state index contributed by atoms with van der Waals surface area (Å²) < 4.78 is 0. The van der Waals surface area contributed by atoms with Crippen LogP contribution in [-0.2, 0) is 86.4 Å². The first kappa shape index (κ1) is 74.9. The molecule has 4 aliphatic rings. The zero-order chi connectivity index (χ0) is 70.6. The van der Waals surface area contributed by atoms with Crippen molar-refractivity contribution in [3.05, 3.63) is 71.3 Å². The van der Waals surface area contributed by atoms with Gasteiger partial charge in [0.05, 0.1) is 72.6 Å². The molecule has 2 bridgehead atoms. The highest BCUT2D eigenvalue weighted by Crippen LogP contribution is 2.37. The highest BCUT2D eigenvalue weighted by molar-refractivity contribution is 7.99. The first-order valence-corrected chi connectivity index (χ1v) is 33.3. The van der Waals surface area contributed by atoms with Crippen LogP contribution in [0.1, 0.15) is 110 Å². The summed E-state index contributed by atoms with van der Waals surface area (Å²) in [5, 5.41) is 61.1. The number of carbonyl (C=O) groups excluding carboxylic acids is 14. The summed E-state index contributed by atoms with van der Waals surface area (Å²) in [6.45, 7) is 8.28. The van der Waals surface area contributed by atoms with Crippen molar-refractivity contribution in [1.82, 2.24) is 46.7 Å². The second-order valence-corrected chi connectivity index (χ2v) is 27.3. The van der Waals surface area contributed by atoms with Crippen LogP contribution >= 0.6 is 11.8 Å². The Hall–Kier alpha value is -8.51. The molecule has 0 radical (unpaired) electrons. The Labute approximate surface area is 559 Å². The van der Waals surface area contributed by atoms with E-state index in [0.717, 1.165) is 33.7 Å². The number of rotatable bonds is 20. The van der Waals surface area contributed by atoms with Crippen molar-refractivity contribution >= 4 is 105 Å². The topological polar surface area (TPSA) is 440 Å². The zero-order valence-electron chi connectivity index (χ0n) is 54.9. The predicted molar refractivity (Wildman–Crippen MR) is 347 cm³/mol. The Bertz CT molecular complexity index is 3520. The number of carbonyl (C=O) groups is 14. The van der Waals surface area contributed by atoms with Crippen LogP contribution in [0, 0.1) is 35.5 Å². The summed E-state index contributed by atoms with van der Waals surface area (Å²) in [7, 11) is 0. The second-order valence-electron chi connectivity index (χ2n) is 26.3. The molecule has 4 unspecified atom stereocenters. The molecule has 5 heterocycles. The molecule has 0 saturated carbocycles. The third kappa shape index (κ3) is 18.9. The third-order valence-electron chi connectivity index (χ3n) is 18.6. The number of fused-ring (bicyclic) bond motifs is 5. The molecule has 3 aromatic rings. The number of aliphatic hydroxyl groups excluding tert-OH is 3. The molecular formula is C67H88N10O18S. The minimum Gasteiger partial charge on any atom is -0.508 e. The van der Waals surface area contributed by atoms with Gasteiger partial charge in [-0.25, -0.2) is 0 Å². The summed E-state index contributed by atoms with van der Waals surface area (Å²) in [4.78, 5) is 201. The molecule has 1 saturated heterocycles. The molecule has 29 heteroatoms. The minimum atomic E-state index is -2.03. The largest absolute Gasteiger partial charge is 0.508 e. The van der Waals surface area contributed by atoms with Gasteiger partial charge in [-0.2, -0.15) is 0 Å². The van der Waals surface area contributed by atoms with Gasteiger partial charge in [0.15, 0.2) is 23.1 Å². The van der Waals surface area contributed by atoms with E-state index in [4.69, 9.17) is 5.73 Å². The maximum Gasteiger partial charge on any atom is 0.253 e. The number of aromatic nitrogens is 1. The van der Waals surface area contributed by atoms with Gasteiger partial charge in [-0.1, -0.05) is 65.3 Å². The molecule has 9 amide bonds. The van der Waals surface area contributed by atoms with Crippen molar-refractivity contribution in [2.24, 2.45) is 41.2 Å². The number of nitrogens with two attached hydrogens (primary N) is 1. The summed E-state index contributed by atoms with van der Waals surface area (Å²) in [6.07, 6.45) is -4.32. The van der Waals surface area contributed by atoms with E-state index in [-0.39, 0.29) is 66.9 Å². The Morgan fingerprint density at radius 1 is 0.823 bits per heavy atom. The average molecular weight is 1350 g/mol. The van der Waals surface area contributed by atoms with Crippen molar-refractivity contribution in [2.75, 3.05) is 38.5 Å². The molecule has 2 aromatic carbocycles. The number of hydrogen-bond donors (Lipinski definition) is 12. The number of phenols is 1. The predicted octanol–water partition coefficient (Wildman–Crippen LogP) is -0.548. The number of H-pyrrole nitrogens is 1. The Balaban J connectivity index is 1.28. The van der Waals surface area contributed by atoms with Gasteiger partial charge in [0.25, 0.3) is 11.8 Å². The number of thioether (sulfide) groups is 1. The number of aromatic hydroxyl groups is 1. The van der Waals surface area contributed by atoms with Gasteiger partial charge >= 0.3 is 0 Å². The van der Waals surface area contributed by atoms with Crippen molar-refractivity contribution in [1.29, 1.82) is 0 Å². The Morgan fingerprint density at radius 3 is 2.10 bits per heavy atom. The monoisotopic (exact) mass is 1350 g/mol. The molecule has 28 nitrogen and oxygen atoms in total. The maximum atomic E-state index is 15.9. The number of imide groups is 1. The second kappa shape index (κ2) is 33.0. The number of hydrogen-bond acceptors (Lipinski definition) is 20. The molecule has 96 heavy (non-hydrogen) atoms. The highest BCUT2D eigenvalue weighted by Gasteiger charge is 2.50. The summed E-state index contributed by atoms with van der Waals surface area (Å²) in [5.41, 5.74) is 5.31. The van der Waals surface area contributed by atoms with Gasteiger partial charge in [-0.3, -0.25) is 77.3 Å². The van der Waals surface area contributed by atoms with E-state index in [0.29, 0.717) is 34.0 Å². The first-order valence-electron chi connectivity index (χ1n) is 32.3. The molecule has 0 aliphatic carbocycles. The molecule has 1 aromatic heterocycles. The number of amides is 9. The number of phenolic OH excluding ortho intramolecular Hbond substituents is 1. The quantitative estimate of drug-likeness (QED) is 0.0632. The summed E-state index contributed by atoms with van der Waals surface area (Å²) in [6, 6.07) is 3.68. The van der Waals surface area contributed by atoms with Gasteiger partial charge in [0.2, 0.25) is 41.4 Å². The molecule has 0 spiro atoms. The molecule has 4 aliphatic heterocycles. The number of nitrogens with one attached hydrogen (secondary N) is 7. The normalized spacial score (nSPS) is 25.4. The molecule has 13 atom stereocenters.